The lowest BCUT2D eigenvalue weighted by Gasteiger charge is -2.08. The number of benzene rings is 1. The minimum atomic E-state index is 0.214. The molecule has 0 saturated carbocycles. The maximum absolute atomic E-state index is 5.67. The minimum Gasteiger partial charge on any atom is -0.366 e. The Morgan fingerprint density at radius 1 is 1.11 bits per heavy atom. The fraction of sp³-hybridized carbons (Fsp3) is 0.0714. The monoisotopic (exact) mass is 278 g/mol. The van der Waals surface area contributed by atoms with Crippen molar-refractivity contribution in [2.75, 3.05) is 5.32 Å². The maximum Gasteiger partial charge on any atom is 0.133 e. The molecule has 4 heteroatoms. The molecule has 2 aromatic rings. The van der Waals surface area contributed by atoms with Crippen LogP contribution in [0.25, 0.3) is 6.08 Å². The molecule has 1 aromatic heterocycles. The molecule has 0 radical (unpaired) electrons. The predicted molar refractivity (Wildman–Crippen MR) is 77.7 cm³/mol. The lowest BCUT2D eigenvalue weighted by atomic mass is 10.2. The fourth-order valence-corrected chi connectivity index (χ4v) is 1.82. The lowest BCUT2D eigenvalue weighted by molar-refractivity contribution is 1.11. The molecule has 0 bridgehead atoms. The van der Waals surface area contributed by atoms with E-state index in [2.05, 4.69) is 22.4 Å². The van der Waals surface area contributed by atoms with Gasteiger partial charge in [0.15, 0.2) is 0 Å². The summed E-state index contributed by atoms with van der Waals surface area (Å²) < 4.78 is 0.214. The highest BCUT2D eigenvalue weighted by Crippen LogP contribution is 2.19. The van der Waals surface area contributed by atoms with Gasteiger partial charge in [0.2, 0.25) is 0 Å². The van der Waals surface area contributed by atoms with E-state index in [1.165, 1.54) is 5.56 Å². The molecule has 0 aliphatic carbocycles. The van der Waals surface area contributed by atoms with Crippen LogP contribution in [-0.4, -0.2) is 4.98 Å². The predicted octanol–water partition coefficient (Wildman–Crippen LogP) is 4.47. The lowest BCUT2D eigenvalue weighted by Crippen LogP contribution is -2.02. The number of hydrogen-bond acceptors (Lipinski definition) is 2. The summed E-state index contributed by atoms with van der Waals surface area (Å²) in [4.78, 5) is 4.27. The van der Waals surface area contributed by atoms with Crippen LogP contribution in [0, 0.1) is 0 Å². The van der Waals surface area contributed by atoms with Crippen LogP contribution in [0.15, 0.2) is 53.2 Å². The second-order valence-corrected chi connectivity index (χ2v) is 4.72. The average molecular weight is 279 g/mol. The molecule has 0 spiro atoms. The number of pyridine rings is 1. The molecule has 92 valence electrons. The van der Waals surface area contributed by atoms with E-state index >= 15 is 0 Å². The quantitative estimate of drug-likeness (QED) is 0.893. The first kappa shape index (κ1) is 12.9. The Morgan fingerprint density at radius 2 is 1.89 bits per heavy atom. The first-order chi connectivity index (χ1) is 8.75. The van der Waals surface area contributed by atoms with Gasteiger partial charge in [0, 0.05) is 18.3 Å². The van der Waals surface area contributed by atoms with E-state index in [1.54, 1.807) is 12.3 Å². The standard InChI is InChI=1S/C14H12Cl2N2/c15-13(16)9-12-7-4-8-17-14(12)18-10-11-5-2-1-3-6-11/h1-9H,10H2,(H,17,18). The smallest absolute Gasteiger partial charge is 0.133 e. The number of aromatic nitrogens is 1. The third kappa shape index (κ3) is 3.76. The fourth-order valence-electron chi connectivity index (χ4n) is 1.58. The Morgan fingerprint density at radius 3 is 2.61 bits per heavy atom. The second kappa shape index (κ2) is 6.43. The van der Waals surface area contributed by atoms with E-state index in [1.807, 2.05) is 30.3 Å². The zero-order valence-electron chi connectivity index (χ0n) is 9.61. The van der Waals surface area contributed by atoms with Crippen LogP contribution >= 0.6 is 23.2 Å². The first-order valence-electron chi connectivity index (χ1n) is 5.51. The van der Waals surface area contributed by atoms with Gasteiger partial charge in [-0.3, -0.25) is 0 Å². The van der Waals surface area contributed by atoms with E-state index in [0.29, 0.717) is 6.54 Å². The summed E-state index contributed by atoms with van der Waals surface area (Å²) in [7, 11) is 0. The van der Waals surface area contributed by atoms with Crippen molar-refractivity contribution in [1.82, 2.24) is 4.98 Å². The van der Waals surface area contributed by atoms with Gasteiger partial charge in [-0.2, -0.15) is 0 Å². The Kier molecular flexibility index (Phi) is 4.62. The number of halogens is 2. The molecule has 0 aliphatic heterocycles. The van der Waals surface area contributed by atoms with Gasteiger partial charge in [0.05, 0.1) is 0 Å². The van der Waals surface area contributed by atoms with Crippen LogP contribution in [-0.2, 0) is 6.54 Å². The molecule has 0 saturated heterocycles. The third-order valence-electron chi connectivity index (χ3n) is 2.41. The molecule has 2 rings (SSSR count). The van der Waals surface area contributed by atoms with Crippen molar-refractivity contribution in [2.24, 2.45) is 0 Å². The molecule has 1 aromatic carbocycles. The van der Waals surface area contributed by atoms with E-state index in [4.69, 9.17) is 23.2 Å². The SMILES string of the molecule is ClC(Cl)=Cc1cccnc1NCc1ccccc1. The zero-order valence-corrected chi connectivity index (χ0v) is 11.1. The summed E-state index contributed by atoms with van der Waals surface area (Å²) in [6.45, 7) is 0.707. The van der Waals surface area contributed by atoms with Crippen molar-refractivity contribution in [1.29, 1.82) is 0 Å². The number of nitrogens with one attached hydrogen (secondary N) is 1. The summed E-state index contributed by atoms with van der Waals surface area (Å²) >= 11 is 11.3. The Hall–Kier alpha value is -1.51. The van der Waals surface area contributed by atoms with Crippen LogP contribution in [0.2, 0.25) is 0 Å². The topological polar surface area (TPSA) is 24.9 Å². The molecule has 1 heterocycles. The van der Waals surface area contributed by atoms with E-state index in [-0.39, 0.29) is 4.49 Å². The van der Waals surface area contributed by atoms with Crippen molar-refractivity contribution < 1.29 is 0 Å². The van der Waals surface area contributed by atoms with Crippen LogP contribution in [0.4, 0.5) is 5.82 Å². The van der Waals surface area contributed by atoms with Gasteiger partial charge in [0.1, 0.15) is 10.3 Å². The molecule has 1 N–H and O–H groups in total. The Bertz CT molecular complexity index is 535. The maximum atomic E-state index is 5.67. The summed E-state index contributed by atoms with van der Waals surface area (Å²) in [5.41, 5.74) is 2.06. The van der Waals surface area contributed by atoms with E-state index in [0.717, 1.165) is 11.4 Å². The van der Waals surface area contributed by atoms with E-state index < -0.39 is 0 Å². The van der Waals surface area contributed by atoms with Gasteiger partial charge in [-0.25, -0.2) is 4.98 Å². The minimum absolute atomic E-state index is 0.214. The molecule has 0 amide bonds. The highest BCUT2D eigenvalue weighted by molar-refractivity contribution is 6.57. The number of nitrogens with zero attached hydrogens (tertiary/aromatic N) is 1. The normalized spacial score (nSPS) is 9.89. The van der Waals surface area contributed by atoms with Crippen LogP contribution < -0.4 is 5.32 Å². The average Bonchev–Trinajstić information content (AvgIpc) is 2.38. The zero-order chi connectivity index (χ0) is 12.8. The Labute approximate surface area is 116 Å². The van der Waals surface area contributed by atoms with Crippen molar-refractivity contribution in [3.8, 4) is 0 Å². The van der Waals surface area contributed by atoms with Crippen molar-refractivity contribution in [3.05, 3.63) is 64.3 Å². The molecule has 0 atom stereocenters. The first-order valence-corrected chi connectivity index (χ1v) is 6.27. The summed E-state index contributed by atoms with van der Waals surface area (Å²) in [6, 6.07) is 13.9. The Balaban J connectivity index is 2.12. The van der Waals surface area contributed by atoms with Gasteiger partial charge in [0.25, 0.3) is 0 Å². The van der Waals surface area contributed by atoms with Crippen LogP contribution in [0.1, 0.15) is 11.1 Å². The molecular weight excluding hydrogens is 267 g/mol. The second-order valence-electron chi connectivity index (χ2n) is 3.71. The highest BCUT2D eigenvalue weighted by Gasteiger charge is 2.01. The van der Waals surface area contributed by atoms with Gasteiger partial charge in [-0.15, -0.1) is 0 Å². The summed E-state index contributed by atoms with van der Waals surface area (Å²) in [6.07, 6.45) is 3.40. The third-order valence-corrected chi connectivity index (χ3v) is 2.62. The van der Waals surface area contributed by atoms with Gasteiger partial charge in [-0.1, -0.05) is 53.5 Å². The number of rotatable bonds is 4. The summed E-state index contributed by atoms with van der Waals surface area (Å²) in [5, 5.41) is 3.26. The molecular formula is C14H12Cl2N2. The highest BCUT2D eigenvalue weighted by atomic mass is 35.5. The molecule has 18 heavy (non-hydrogen) atoms. The molecule has 0 fully saturated rings. The van der Waals surface area contributed by atoms with Gasteiger partial charge in [-0.05, 0) is 23.8 Å². The van der Waals surface area contributed by atoms with Crippen LogP contribution in [0.5, 0.6) is 0 Å². The van der Waals surface area contributed by atoms with Crippen molar-refractivity contribution in [3.63, 3.8) is 0 Å². The van der Waals surface area contributed by atoms with Gasteiger partial charge < -0.3 is 5.32 Å². The molecule has 0 aliphatic rings. The van der Waals surface area contributed by atoms with Gasteiger partial charge >= 0.3 is 0 Å². The van der Waals surface area contributed by atoms with E-state index in [9.17, 15) is 0 Å². The summed E-state index contributed by atoms with van der Waals surface area (Å²) in [5.74, 6) is 0.764. The number of anilines is 1. The van der Waals surface area contributed by atoms with Crippen molar-refractivity contribution in [2.45, 2.75) is 6.54 Å². The molecule has 0 unspecified atom stereocenters. The number of hydrogen-bond donors (Lipinski definition) is 1. The molecule has 2 nitrogen and oxygen atoms in total. The van der Waals surface area contributed by atoms with Crippen LogP contribution in [0.3, 0.4) is 0 Å². The largest absolute Gasteiger partial charge is 0.366 e. The van der Waals surface area contributed by atoms with Crippen molar-refractivity contribution >= 4 is 35.1 Å².